The predicted octanol–water partition coefficient (Wildman–Crippen LogP) is 4.48. The molecule has 0 heteroatoms. The van der Waals surface area contributed by atoms with E-state index >= 15 is 0 Å². The molecule has 0 nitrogen and oxygen atoms in total. The number of hydrogen-bond donors (Lipinski definition) is 0. The third-order valence-corrected chi connectivity index (χ3v) is 1.95. The van der Waals surface area contributed by atoms with Crippen LogP contribution in [-0.2, 0) is 0 Å². The highest BCUT2D eigenvalue weighted by Crippen LogP contribution is 2.11. The minimum Gasteiger partial charge on any atom is -0.0999 e. The molecule has 0 aliphatic rings. The molecule has 0 aromatic carbocycles. The largest absolute Gasteiger partial charge is 0.0999 e. The Morgan fingerprint density at radius 1 is 1.17 bits per heavy atom. The number of hydrogen-bond acceptors (Lipinski definition) is 0. The van der Waals surface area contributed by atoms with E-state index in [1.54, 1.807) is 0 Å². The van der Waals surface area contributed by atoms with E-state index in [2.05, 4.69) is 32.6 Å². The highest BCUT2D eigenvalue weighted by atomic mass is 14.0. The van der Waals surface area contributed by atoms with Crippen molar-refractivity contribution in [2.45, 2.75) is 52.4 Å². The molecule has 0 N–H and O–H groups in total. The molecule has 70 valence electrons. The standard InChI is InChI=1S/C12H22/c1-4-6-8-9-11-12(3)10-7-5-2/h6,8H,3-5,7,9-11H2,1-2H3. The summed E-state index contributed by atoms with van der Waals surface area (Å²) in [6.45, 7) is 8.45. The Labute approximate surface area is 77.4 Å². The molecule has 0 heterocycles. The maximum Gasteiger partial charge on any atom is -0.0288 e. The molecule has 12 heavy (non-hydrogen) atoms. The summed E-state index contributed by atoms with van der Waals surface area (Å²) in [5.74, 6) is 0. The minimum absolute atomic E-state index is 1.15. The smallest absolute Gasteiger partial charge is 0.0288 e. The maximum absolute atomic E-state index is 4.06. The first-order valence-electron chi connectivity index (χ1n) is 5.12. The van der Waals surface area contributed by atoms with Gasteiger partial charge in [-0.2, -0.15) is 0 Å². The summed E-state index contributed by atoms with van der Waals surface area (Å²) in [6, 6.07) is 0. The molecule has 0 radical (unpaired) electrons. The second-order valence-corrected chi connectivity index (χ2v) is 3.27. The van der Waals surface area contributed by atoms with Gasteiger partial charge in [0.05, 0.1) is 0 Å². The molecule has 0 bridgehead atoms. The third-order valence-electron chi connectivity index (χ3n) is 1.95. The Balaban J connectivity index is 3.25. The Kier molecular flexibility index (Phi) is 8.20. The fourth-order valence-corrected chi connectivity index (χ4v) is 1.12. The zero-order valence-corrected chi connectivity index (χ0v) is 8.60. The molecule has 0 spiro atoms. The summed E-state index contributed by atoms with van der Waals surface area (Å²) in [5, 5.41) is 0. The maximum atomic E-state index is 4.06. The van der Waals surface area contributed by atoms with Crippen molar-refractivity contribution in [2.24, 2.45) is 0 Å². The Morgan fingerprint density at radius 2 is 1.92 bits per heavy atom. The molecule has 0 rings (SSSR count). The van der Waals surface area contributed by atoms with Crippen LogP contribution in [0.25, 0.3) is 0 Å². The van der Waals surface area contributed by atoms with Gasteiger partial charge in [0.2, 0.25) is 0 Å². The van der Waals surface area contributed by atoms with Crippen LogP contribution in [0.2, 0.25) is 0 Å². The van der Waals surface area contributed by atoms with Gasteiger partial charge in [-0.05, 0) is 32.1 Å². The van der Waals surface area contributed by atoms with Gasteiger partial charge in [-0.15, -0.1) is 0 Å². The summed E-state index contributed by atoms with van der Waals surface area (Å²) >= 11 is 0. The quantitative estimate of drug-likeness (QED) is 0.489. The topological polar surface area (TPSA) is 0 Å². The molecular weight excluding hydrogens is 144 g/mol. The molecule has 0 unspecified atom stereocenters. The van der Waals surface area contributed by atoms with E-state index in [9.17, 15) is 0 Å². The monoisotopic (exact) mass is 166 g/mol. The summed E-state index contributed by atoms with van der Waals surface area (Å²) < 4.78 is 0. The molecule has 0 aromatic heterocycles. The molecule has 0 aromatic rings. The first-order chi connectivity index (χ1) is 5.81. The normalized spacial score (nSPS) is 10.8. The molecule has 0 atom stereocenters. The van der Waals surface area contributed by atoms with Crippen molar-refractivity contribution in [1.82, 2.24) is 0 Å². The van der Waals surface area contributed by atoms with Crippen LogP contribution >= 0.6 is 0 Å². The van der Waals surface area contributed by atoms with Gasteiger partial charge in [-0.1, -0.05) is 44.6 Å². The summed E-state index contributed by atoms with van der Waals surface area (Å²) in [4.78, 5) is 0. The molecular formula is C12H22. The lowest BCUT2D eigenvalue weighted by Gasteiger charge is -2.01. The molecule has 0 aliphatic heterocycles. The van der Waals surface area contributed by atoms with Gasteiger partial charge in [0, 0.05) is 0 Å². The molecule has 0 saturated heterocycles. The first-order valence-corrected chi connectivity index (χ1v) is 5.12. The van der Waals surface area contributed by atoms with Crippen LogP contribution in [0.5, 0.6) is 0 Å². The second-order valence-electron chi connectivity index (χ2n) is 3.27. The fraction of sp³-hybridized carbons (Fsp3) is 0.667. The van der Waals surface area contributed by atoms with Crippen molar-refractivity contribution < 1.29 is 0 Å². The lowest BCUT2D eigenvalue weighted by molar-refractivity contribution is 0.756. The summed E-state index contributed by atoms with van der Waals surface area (Å²) in [5.41, 5.74) is 1.41. The Morgan fingerprint density at radius 3 is 2.50 bits per heavy atom. The second kappa shape index (κ2) is 8.58. The van der Waals surface area contributed by atoms with E-state index in [0.29, 0.717) is 0 Å². The van der Waals surface area contributed by atoms with Crippen LogP contribution in [0.1, 0.15) is 52.4 Å². The van der Waals surface area contributed by atoms with Crippen molar-refractivity contribution >= 4 is 0 Å². The lowest BCUT2D eigenvalue weighted by Crippen LogP contribution is -1.81. The summed E-state index contributed by atoms with van der Waals surface area (Å²) in [6.07, 6.45) is 11.8. The molecule has 0 saturated carbocycles. The van der Waals surface area contributed by atoms with E-state index in [4.69, 9.17) is 0 Å². The SMILES string of the molecule is C=C(CCC=CCC)CCCC. The van der Waals surface area contributed by atoms with E-state index in [1.807, 2.05) is 0 Å². The van der Waals surface area contributed by atoms with E-state index in [1.165, 1.54) is 37.7 Å². The average Bonchev–Trinajstić information content (AvgIpc) is 2.09. The predicted molar refractivity (Wildman–Crippen MR) is 57.3 cm³/mol. The van der Waals surface area contributed by atoms with Gasteiger partial charge >= 0.3 is 0 Å². The van der Waals surface area contributed by atoms with Gasteiger partial charge in [0.1, 0.15) is 0 Å². The van der Waals surface area contributed by atoms with Crippen LogP contribution in [-0.4, -0.2) is 0 Å². The first kappa shape index (κ1) is 11.5. The number of rotatable bonds is 7. The molecule has 0 fully saturated rings. The highest BCUT2D eigenvalue weighted by molar-refractivity contribution is 4.96. The zero-order valence-electron chi connectivity index (χ0n) is 8.60. The molecule has 0 aliphatic carbocycles. The van der Waals surface area contributed by atoms with Crippen LogP contribution in [0.15, 0.2) is 24.3 Å². The van der Waals surface area contributed by atoms with Crippen molar-refractivity contribution in [3.63, 3.8) is 0 Å². The van der Waals surface area contributed by atoms with E-state index < -0.39 is 0 Å². The van der Waals surface area contributed by atoms with Crippen molar-refractivity contribution in [3.8, 4) is 0 Å². The van der Waals surface area contributed by atoms with Gasteiger partial charge < -0.3 is 0 Å². The minimum atomic E-state index is 1.15. The van der Waals surface area contributed by atoms with Crippen LogP contribution < -0.4 is 0 Å². The van der Waals surface area contributed by atoms with Crippen LogP contribution in [0.3, 0.4) is 0 Å². The molecule has 0 amide bonds. The van der Waals surface area contributed by atoms with E-state index in [-0.39, 0.29) is 0 Å². The van der Waals surface area contributed by atoms with E-state index in [0.717, 1.165) is 6.42 Å². The van der Waals surface area contributed by atoms with Crippen LogP contribution in [0, 0.1) is 0 Å². The van der Waals surface area contributed by atoms with Gasteiger partial charge in [0.15, 0.2) is 0 Å². The highest BCUT2D eigenvalue weighted by Gasteiger charge is 1.91. The average molecular weight is 166 g/mol. The van der Waals surface area contributed by atoms with Crippen molar-refractivity contribution in [1.29, 1.82) is 0 Å². The summed E-state index contributed by atoms with van der Waals surface area (Å²) in [7, 11) is 0. The number of unbranched alkanes of at least 4 members (excludes halogenated alkanes) is 1. The Hall–Kier alpha value is -0.520. The van der Waals surface area contributed by atoms with Gasteiger partial charge in [0.25, 0.3) is 0 Å². The zero-order chi connectivity index (χ0) is 9.23. The van der Waals surface area contributed by atoms with Crippen molar-refractivity contribution in [3.05, 3.63) is 24.3 Å². The van der Waals surface area contributed by atoms with Crippen LogP contribution in [0.4, 0.5) is 0 Å². The number of allylic oxidation sites excluding steroid dienone is 3. The van der Waals surface area contributed by atoms with Gasteiger partial charge in [-0.3, -0.25) is 0 Å². The lowest BCUT2D eigenvalue weighted by atomic mass is 10.1. The third kappa shape index (κ3) is 7.59. The van der Waals surface area contributed by atoms with Crippen molar-refractivity contribution in [2.75, 3.05) is 0 Å². The van der Waals surface area contributed by atoms with Gasteiger partial charge in [-0.25, -0.2) is 0 Å². The fourth-order valence-electron chi connectivity index (χ4n) is 1.12. The Bertz CT molecular complexity index is 131.